The molecule has 0 radical (unpaired) electrons. The van der Waals surface area contributed by atoms with Gasteiger partial charge in [-0.15, -0.1) is 0 Å². The molecule has 1 saturated heterocycles. The Hall–Kier alpha value is -3.19. The number of amidine groups is 1. The van der Waals surface area contributed by atoms with Gasteiger partial charge in [0.2, 0.25) is 10.0 Å². The predicted molar refractivity (Wildman–Crippen MR) is 129 cm³/mol. The number of halogens is 1. The first-order chi connectivity index (χ1) is 15.5. The number of rotatable bonds is 4. The molecule has 4 rings (SSSR count). The van der Waals surface area contributed by atoms with Crippen molar-refractivity contribution in [3.63, 3.8) is 0 Å². The monoisotopic (exact) mass is 466 g/mol. The summed E-state index contributed by atoms with van der Waals surface area (Å²) in [6, 6.07) is 22.8. The molecule has 1 fully saturated rings. The van der Waals surface area contributed by atoms with Gasteiger partial charge in [0.1, 0.15) is 11.4 Å². The molecule has 7 heteroatoms. The third kappa shape index (κ3) is 4.02. The van der Waals surface area contributed by atoms with Crippen molar-refractivity contribution in [2.45, 2.75) is 44.1 Å². The van der Waals surface area contributed by atoms with Gasteiger partial charge in [-0.05, 0) is 50.5 Å². The molecular weight excluding hydrogens is 439 g/mol. The van der Waals surface area contributed by atoms with E-state index in [9.17, 15) is 12.8 Å². The third-order valence-electron chi connectivity index (χ3n) is 6.47. The van der Waals surface area contributed by atoms with Crippen LogP contribution in [0.1, 0.15) is 44.9 Å². The average molecular weight is 467 g/mol. The lowest BCUT2D eigenvalue weighted by atomic mass is 9.84. The molecule has 1 N–H and O–H groups in total. The number of ether oxygens (including phenoxy) is 1. The molecular formula is C26H27FN2O3S. The second-order valence-electron chi connectivity index (χ2n) is 8.83. The minimum Gasteiger partial charge on any atom is -0.456 e. The molecule has 3 aromatic carbocycles. The van der Waals surface area contributed by atoms with Gasteiger partial charge in [-0.1, -0.05) is 72.8 Å². The Morgan fingerprint density at radius 1 is 0.879 bits per heavy atom. The first kappa shape index (κ1) is 23.0. The summed E-state index contributed by atoms with van der Waals surface area (Å²) in [5.74, 6) is -0.407. The van der Waals surface area contributed by atoms with Gasteiger partial charge in [-0.25, -0.2) is 22.5 Å². The van der Waals surface area contributed by atoms with E-state index in [0.29, 0.717) is 11.1 Å². The first-order valence-corrected chi connectivity index (χ1v) is 12.2. The van der Waals surface area contributed by atoms with Crippen molar-refractivity contribution in [1.82, 2.24) is 4.72 Å². The maximum atomic E-state index is 14.1. The second kappa shape index (κ2) is 8.30. The Balaban J connectivity index is 1.68. The predicted octanol–water partition coefficient (Wildman–Crippen LogP) is 5.55. The van der Waals surface area contributed by atoms with Crippen molar-refractivity contribution in [3.05, 3.63) is 95.8 Å². The van der Waals surface area contributed by atoms with Gasteiger partial charge in [-0.2, -0.15) is 0 Å². The Bertz CT molecular complexity index is 1290. The SMILES string of the molecule is C[C@H](N=C1NS(=O)(=O)C(C)(c2ccc(-c3ccccc3)cc2)C(C)(C)O1)c1ccccc1F. The number of sulfonamides is 1. The zero-order valence-corrected chi connectivity index (χ0v) is 19.9. The standard InChI is InChI=1S/C26H27FN2O3S/c1-18(22-12-8-9-13-23(22)27)28-24-29-33(30,31)26(4,25(2,3)32-24)21-16-14-20(15-17-21)19-10-6-5-7-11-19/h5-18H,1-4H3,(H,28,29)/t18-,26?/m0/s1. The number of nitrogens with zero attached hydrogens (tertiary/aromatic N) is 1. The fourth-order valence-electron chi connectivity index (χ4n) is 4.13. The van der Waals surface area contributed by atoms with Crippen LogP contribution in [-0.4, -0.2) is 20.0 Å². The quantitative estimate of drug-likeness (QED) is 0.548. The fourth-order valence-corrected chi connectivity index (χ4v) is 5.79. The summed E-state index contributed by atoms with van der Waals surface area (Å²) in [5.41, 5.74) is 1.84. The molecule has 3 aromatic rings. The summed E-state index contributed by atoms with van der Waals surface area (Å²) in [7, 11) is -3.95. The van der Waals surface area contributed by atoms with Gasteiger partial charge in [0.25, 0.3) is 6.02 Å². The molecule has 33 heavy (non-hydrogen) atoms. The fraction of sp³-hybridized carbons (Fsp3) is 0.269. The molecule has 0 bridgehead atoms. The Morgan fingerprint density at radius 2 is 1.45 bits per heavy atom. The van der Waals surface area contributed by atoms with E-state index in [2.05, 4.69) is 9.71 Å². The topological polar surface area (TPSA) is 67.8 Å². The van der Waals surface area contributed by atoms with Crippen LogP contribution in [0.4, 0.5) is 4.39 Å². The lowest BCUT2D eigenvalue weighted by Crippen LogP contribution is -2.63. The summed E-state index contributed by atoms with van der Waals surface area (Å²) >= 11 is 0. The van der Waals surface area contributed by atoms with Crippen LogP contribution in [0, 0.1) is 5.82 Å². The first-order valence-electron chi connectivity index (χ1n) is 10.7. The summed E-state index contributed by atoms with van der Waals surface area (Å²) in [6.07, 6.45) is 0. The Kier molecular flexibility index (Phi) is 5.78. The molecule has 172 valence electrons. The molecule has 1 unspecified atom stereocenters. The van der Waals surface area contributed by atoms with Crippen LogP contribution in [0.2, 0.25) is 0 Å². The zero-order chi connectivity index (χ0) is 23.9. The highest BCUT2D eigenvalue weighted by molar-refractivity contribution is 7.91. The van der Waals surface area contributed by atoms with Crippen LogP contribution in [0.15, 0.2) is 83.9 Å². The van der Waals surface area contributed by atoms with E-state index in [1.54, 1.807) is 45.9 Å². The van der Waals surface area contributed by atoms with Crippen molar-refractivity contribution in [2.24, 2.45) is 4.99 Å². The van der Waals surface area contributed by atoms with Crippen LogP contribution in [0.3, 0.4) is 0 Å². The summed E-state index contributed by atoms with van der Waals surface area (Å²) in [5, 5.41) is 0. The van der Waals surface area contributed by atoms with Crippen molar-refractivity contribution in [3.8, 4) is 11.1 Å². The second-order valence-corrected chi connectivity index (χ2v) is 10.9. The summed E-state index contributed by atoms with van der Waals surface area (Å²) < 4.78 is 48.3. The van der Waals surface area contributed by atoms with Crippen molar-refractivity contribution in [2.75, 3.05) is 0 Å². The maximum absolute atomic E-state index is 14.1. The summed E-state index contributed by atoms with van der Waals surface area (Å²) in [4.78, 5) is 4.34. The molecule has 2 atom stereocenters. The molecule has 0 spiro atoms. The van der Waals surface area contributed by atoms with E-state index in [1.807, 2.05) is 54.6 Å². The normalized spacial score (nSPS) is 23.4. The van der Waals surface area contributed by atoms with Gasteiger partial charge >= 0.3 is 0 Å². The van der Waals surface area contributed by atoms with E-state index in [1.165, 1.54) is 6.07 Å². The molecule has 0 amide bonds. The minimum absolute atomic E-state index is 0.144. The highest BCUT2D eigenvalue weighted by atomic mass is 32.2. The highest BCUT2D eigenvalue weighted by Gasteiger charge is 2.59. The van der Waals surface area contributed by atoms with Crippen molar-refractivity contribution in [1.29, 1.82) is 0 Å². The third-order valence-corrected chi connectivity index (χ3v) is 8.71. The van der Waals surface area contributed by atoms with Gasteiger partial charge < -0.3 is 4.74 Å². The van der Waals surface area contributed by atoms with E-state index in [4.69, 9.17) is 4.74 Å². The number of hydrogen-bond acceptors (Lipinski definition) is 4. The van der Waals surface area contributed by atoms with Gasteiger partial charge in [0.15, 0.2) is 4.75 Å². The lowest BCUT2D eigenvalue weighted by Gasteiger charge is -2.47. The molecule has 0 saturated carbocycles. The molecule has 0 aromatic heterocycles. The molecule has 1 aliphatic rings. The van der Waals surface area contributed by atoms with E-state index in [-0.39, 0.29) is 6.02 Å². The number of benzene rings is 3. The largest absolute Gasteiger partial charge is 0.456 e. The number of hydrogen-bond donors (Lipinski definition) is 1. The summed E-state index contributed by atoms with van der Waals surface area (Å²) in [6.45, 7) is 6.77. The molecule has 0 aliphatic carbocycles. The van der Waals surface area contributed by atoms with Crippen LogP contribution in [-0.2, 0) is 19.5 Å². The number of nitrogens with one attached hydrogen (secondary N) is 1. The van der Waals surface area contributed by atoms with Crippen LogP contribution >= 0.6 is 0 Å². The number of aliphatic imine (C=N–C) groups is 1. The smallest absolute Gasteiger partial charge is 0.299 e. The van der Waals surface area contributed by atoms with Crippen LogP contribution < -0.4 is 4.72 Å². The van der Waals surface area contributed by atoms with Crippen LogP contribution in [0.25, 0.3) is 11.1 Å². The van der Waals surface area contributed by atoms with E-state index in [0.717, 1.165) is 11.1 Å². The van der Waals surface area contributed by atoms with E-state index >= 15 is 0 Å². The van der Waals surface area contributed by atoms with Gasteiger partial charge in [0.05, 0.1) is 6.04 Å². The average Bonchev–Trinajstić information content (AvgIpc) is 2.78. The minimum atomic E-state index is -3.95. The van der Waals surface area contributed by atoms with Gasteiger partial charge in [0, 0.05) is 5.56 Å². The Labute approximate surface area is 194 Å². The van der Waals surface area contributed by atoms with Gasteiger partial charge in [-0.3, -0.25) is 0 Å². The highest BCUT2D eigenvalue weighted by Crippen LogP contribution is 2.45. The van der Waals surface area contributed by atoms with E-state index < -0.39 is 32.2 Å². The molecule has 1 heterocycles. The van der Waals surface area contributed by atoms with Crippen molar-refractivity contribution >= 4 is 16.0 Å². The maximum Gasteiger partial charge on any atom is 0.299 e. The Morgan fingerprint density at radius 3 is 2.06 bits per heavy atom. The molecule has 1 aliphatic heterocycles. The molecule has 5 nitrogen and oxygen atoms in total. The zero-order valence-electron chi connectivity index (χ0n) is 19.0. The van der Waals surface area contributed by atoms with Crippen molar-refractivity contribution < 1.29 is 17.5 Å². The van der Waals surface area contributed by atoms with Crippen LogP contribution in [0.5, 0.6) is 0 Å². The lowest BCUT2D eigenvalue weighted by molar-refractivity contribution is 0.0383.